The third-order valence-electron chi connectivity index (χ3n) is 3.16. The predicted octanol–water partition coefficient (Wildman–Crippen LogP) is 2.74. The van der Waals surface area contributed by atoms with Gasteiger partial charge in [0.15, 0.2) is 5.69 Å². The number of carbonyl (C=O) groups is 1. The van der Waals surface area contributed by atoms with Gasteiger partial charge in [-0.05, 0) is 24.3 Å². The first-order valence-corrected chi connectivity index (χ1v) is 6.19. The Labute approximate surface area is 115 Å². The van der Waals surface area contributed by atoms with Crippen LogP contribution in [0.4, 0.5) is 5.69 Å². The van der Waals surface area contributed by atoms with Crippen molar-refractivity contribution in [2.24, 2.45) is 0 Å². The number of nitrogens with one attached hydrogen (secondary N) is 1. The van der Waals surface area contributed by atoms with E-state index in [4.69, 9.17) is 0 Å². The molecule has 2 N–H and O–H groups in total. The fourth-order valence-electron chi connectivity index (χ4n) is 2.21. The van der Waals surface area contributed by atoms with Crippen LogP contribution in [0, 0.1) is 0 Å². The number of pyridine rings is 1. The first-order chi connectivity index (χ1) is 9.70. The second kappa shape index (κ2) is 4.70. The summed E-state index contributed by atoms with van der Waals surface area (Å²) in [5.74, 6) is -0.403. The van der Waals surface area contributed by atoms with Gasteiger partial charge < -0.3 is 10.4 Å². The lowest BCUT2D eigenvalue weighted by molar-refractivity contribution is 0.0693. The molecule has 20 heavy (non-hydrogen) atoms. The summed E-state index contributed by atoms with van der Waals surface area (Å²) in [4.78, 5) is 15.6. The molecule has 0 atom stereocenters. The molecule has 2 aromatic heterocycles. The van der Waals surface area contributed by atoms with Crippen LogP contribution in [-0.2, 0) is 0 Å². The van der Waals surface area contributed by atoms with Gasteiger partial charge in [-0.2, -0.15) is 0 Å². The van der Waals surface area contributed by atoms with E-state index in [1.165, 1.54) is 0 Å². The molecule has 0 amide bonds. The average molecular weight is 267 g/mol. The summed E-state index contributed by atoms with van der Waals surface area (Å²) in [6, 6.07) is 13.1. The quantitative estimate of drug-likeness (QED) is 0.765. The largest absolute Gasteiger partial charge is 0.476 e. The third-order valence-corrected chi connectivity index (χ3v) is 3.16. The number of aromatic nitrogens is 2. The number of anilines is 1. The van der Waals surface area contributed by atoms with Gasteiger partial charge in [-0.3, -0.25) is 4.40 Å². The first-order valence-electron chi connectivity index (χ1n) is 6.19. The highest BCUT2D eigenvalue weighted by molar-refractivity contribution is 5.95. The van der Waals surface area contributed by atoms with Crippen LogP contribution in [0.3, 0.4) is 0 Å². The number of carboxylic acid groups (broad SMARTS) is 1. The summed E-state index contributed by atoms with van der Waals surface area (Å²) < 4.78 is 1.79. The maximum atomic E-state index is 11.3. The van der Waals surface area contributed by atoms with E-state index in [0.29, 0.717) is 11.3 Å². The minimum absolute atomic E-state index is 0.0652. The van der Waals surface area contributed by atoms with Crippen LogP contribution in [0.25, 0.3) is 16.9 Å². The molecule has 0 aliphatic heterocycles. The van der Waals surface area contributed by atoms with Crippen LogP contribution < -0.4 is 5.32 Å². The van der Waals surface area contributed by atoms with Gasteiger partial charge in [0.2, 0.25) is 0 Å². The van der Waals surface area contributed by atoms with Gasteiger partial charge in [0, 0.05) is 24.5 Å². The molecule has 1 aromatic carbocycles. The number of rotatable bonds is 3. The van der Waals surface area contributed by atoms with E-state index in [9.17, 15) is 9.90 Å². The standard InChI is InChI=1S/C15H13N3O2/c1-16-11-6-4-5-10(9-11)14-17-13(15(19)20)12-7-2-3-8-18(12)14/h2-9,16H,1H3,(H,19,20). The van der Waals surface area contributed by atoms with Gasteiger partial charge in [-0.25, -0.2) is 9.78 Å². The van der Waals surface area contributed by atoms with E-state index in [-0.39, 0.29) is 5.69 Å². The lowest BCUT2D eigenvalue weighted by Crippen LogP contribution is -1.97. The molecule has 100 valence electrons. The molecule has 0 bridgehead atoms. The number of hydrogen-bond acceptors (Lipinski definition) is 3. The molecule has 3 aromatic rings. The van der Waals surface area contributed by atoms with Crippen molar-refractivity contribution in [2.75, 3.05) is 12.4 Å². The van der Waals surface area contributed by atoms with Crippen LogP contribution in [0.5, 0.6) is 0 Å². The second-order valence-corrected chi connectivity index (χ2v) is 4.38. The molecule has 0 saturated carbocycles. The summed E-state index contributed by atoms with van der Waals surface area (Å²) in [7, 11) is 1.84. The summed E-state index contributed by atoms with van der Waals surface area (Å²) in [5, 5.41) is 12.3. The molecule has 3 rings (SSSR count). The second-order valence-electron chi connectivity index (χ2n) is 4.38. The van der Waals surface area contributed by atoms with E-state index < -0.39 is 5.97 Å². The SMILES string of the molecule is CNc1cccc(-c2nc(C(=O)O)c3ccccn23)c1. The normalized spacial score (nSPS) is 10.7. The van der Waals surface area contributed by atoms with Crippen molar-refractivity contribution in [3.05, 3.63) is 54.4 Å². The third kappa shape index (κ3) is 1.89. The number of imidazole rings is 1. The van der Waals surface area contributed by atoms with Gasteiger partial charge >= 0.3 is 5.97 Å². The Hall–Kier alpha value is -2.82. The highest BCUT2D eigenvalue weighted by Crippen LogP contribution is 2.24. The van der Waals surface area contributed by atoms with Crippen molar-refractivity contribution in [3.8, 4) is 11.4 Å². The van der Waals surface area contributed by atoms with E-state index in [2.05, 4.69) is 10.3 Å². The van der Waals surface area contributed by atoms with Crippen molar-refractivity contribution in [3.63, 3.8) is 0 Å². The lowest BCUT2D eigenvalue weighted by Gasteiger charge is -2.04. The van der Waals surface area contributed by atoms with Crippen molar-refractivity contribution < 1.29 is 9.90 Å². The molecule has 0 aliphatic carbocycles. The highest BCUT2D eigenvalue weighted by atomic mass is 16.4. The molecular weight excluding hydrogens is 254 g/mol. The Morgan fingerprint density at radius 1 is 1.25 bits per heavy atom. The number of fused-ring (bicyclic) bond motifs is 1. The van der Waals surface area contributed by atoms with Crippen LogP contribution in [0.15, 0.2) is 48.7 Å². The molecule has 0 radical (unpaired) electrons. The monoisotopic (exact) mass is 267 g/mol. The summed E-state index contributed by atoms with van der Waals surface area (Å²) in [6.07, 6.45) is 1.82. The minimum atomic E-state index is -1.02. The maximum Gasteiger partial charge on any atom is 0.356 e. The molecule has 0 aliphatic rings. The van der Waals surface area contributed by atoms with Gasteiger partial charge in [0.25, 0.3) is 0 Å². The summed E-state index contributed by atoms with van der Waals surface area (Å²) in [5.41, 5.74) is 2.47. The summed E-state index contributed by atoms with van der Waals surface area (Å²) in [6.45, 7) is 0. The Kier molecular flexibility index (Phi) is 2.87. The predicted molar refractivity (Wildman–Crippen MR) is 77.1 cm³/mol. The van der Waals surface area contributed by atoms with E-state index >= 15 is 0 Å². The zero-order chi connectivity index (χ0) is 14.1. The van der Waals surface area contributed by atoms with E-state index in [1.54, 1.807) is 16.5 Å². The molecule has 2 heterocycles. The summed E-state index contributed by atoms with van der Waals surface area (Å²) >= 11 is 0. The van der Waals surface area contributed by atoms with Gasteiger partial charge in [-0.1, -0.05) is 18.2 Å². The van der Waals surface area contributed by atoms with E-state index in [0.717, 1.165) is 11.3 Å². The van der Waals surface area contributed by atoms with Gasteiger partial charge in [-0.15, -0.1) is 0 Å². The van der Waals surface area contributed by atoms with Crippen molar-refractivity contribution in [1.82, 2.24) is 9.38 Å². The molecule has 0 spiro atoms. The lowest BCUT2D eigenvalue weighted by atomic mass is 10.2. The minimum Gasteiger partial charge on any atom is -0.476 e. The molecule has 0 fully saturated rings. The van der Waals surface area contributed by atoms with Gasteiger partial charge in [0.1, 0.15) is 5.82 Å². The molecular formula is C15H13N3O2. The number of aromatic carboxylic acids is 1. The van der Waals surface area contributed by atoms with E-state index in [1.807, 2.05) is 43.6 Å². The van der Waals surface area contributed by atoms with Gasteiger partial charge in [0.05, 0.1) is 5.52 Å². The van der Waals surface area contributed by atoms with Crippen LogP contribution >= 0.6 is 0 Å². The Balaban J connectivity index is 2.28. The van der Waals surface area contributed by atoms with Crippen LogP contribution in [0.1, 0.15) is 10.5 Å². The fraction of sp³-hybridized carbons (Fsp3) is 0.0667. The smallest absolute Gasteiger partial charge is 0.356 e. The fourth-order valence-corrected chi connectivity index (χ4v) is 2.21. The zero-order valence-electron chi connectivity index (χ0n) is 10.9. The van der Waals surface area contributed by atoms with Crippen LogP contribution in [0.2, 0.25) is 0 Å². The Morgan fingerprint density at radius 2 is 2.10 bits per heavy atom. The van der Waals surface area contributed by atoms with Crippen LogP contribution in [-0.4, -0.2) is 27.5 Å². The van der Waals surface area contributed by atoms with Crippen molar-refractivity contribution in [2.45, 2.75) is 0 Å². The Morgan fingerprint density at radius 3 is 2.85 bits per heavy atom. The number of nitrogens with zero attached hydrogens (tertiary/aromatic N) is 2. The molecule has 0 saturated heterocycles. The number of hydrogen-bond donors (Lipinski definition) is 2. The Bertz CT molecular complexity index is 793. The molecule has 0 unspecified atom stereocenters. The first kappa shape index (κ1) is 12.2. The maximum absolute atomic E-state index is 11.3. The average Bonchev–Trinajstić information content (AvgIpc) is 2.87. The molecule has 5 heteroatoms. The van der Waals surface area contributed by atoms with Crippen molar-refractivity contribution in [1.29, 1.82) is 0 Å². The number of benzene rings is 1. The number of carboxylic acids is 1. The topological polar surface area (TPSA) is 66.6 Å². The van der Waals surface area contributed by atoms with Crippen molar-refractivity contribution >= 4 is 17.2 Å². The molecule has 5 nitrogen and oxygen atoms in total. The zero-order valence-corrected chi connectivity index (χ0v) is 10.9. The highest BCUT2D eigenvalue weighted by Gasteiger charge is 2.17.